The van der Waals surface area contributed by atoms with Gasteiger partial charge in [0.2, 0.25) is 5.91 Å². The first-order valence-electron chi connectivity index (χ1n) is 5.20. The molecule has 0 aromatic carbocycles. The minimum atomic E-state index is -0.214. The van der Waals surface area contributed by atoms with Crippen molar-refractivity contribution < 1.29 is 4.79 Å². The van der Waals surface area contributed by atoms with Crippen LogP contribution in [0.5, 0.6) is 0 Å². The molecule has 2 rings (SSSR count). The van der Waals surface area contributed by atoms with E-state index in [1.807, 2.05) is 6.07 Å². The van der Waals surface area contributed by atoms with Gasteiger partial charge in [0.05, 0.1) is 5.56 Å². The SMILES string of the molecule is N#Cc1ccc(N[C@@H]2CCCNC2=O)nc1. The number of carbonyl (C=O) groups excluding carboxylic acids is 1. The third-order valence-corrected chi connectivity index (χ3v) is 2.50. The van der Waals surface area contributed by atoms with E-state index in [0.717, 1.165) is 19.4 Å². The van der Waals surface area contributed by atoms with Crippen molar-refractivity contribution in [2.45, 2.75) is 18.9 Å². The minimum Gasteiger partial charge on any atom is -0.358 e. The molecule has 1 amide bonds. The number of aromatic nitrogens is 1. The number of piperidine rings is 1. The van der Waals surface area contributed by atoms with Gasteiger partial charge in [-0.1, -0.05) is 0 Å². The molecule has 0 bridgehead atoms. The Labute approximate surface area is 93.5 Å². The summed E-state index contributed by atoms with van der Waals surface area (Å²) in [7, 11) is 0. The lowest BCUT2D eigenvalue weighted by Gasteiger charge is -2.23. The van der Waals surface area contributed by atoms with Gasteiger partial charge in [-0.05, 0) is 25.0 Å². The van der Waals surface area contributed by atoms with Gasteiger partial charge in [-0.2, -0.15) is 5.26 Å². The maximum Gasteiger partial charge on any atom is 0.242 e. The van der Waals surface area contributed by atoms with E-state index in [4.69, 9.17) is 5.26 Å². The normalized spacial score (nSPS) is 19.7. The second-order valence-corrected chi connectivity index (χ2v) is 3.67. The number of amides is 1. The molecular formula is C11H12N4O. The number of nitrogens with zero attached hydrogens (tertiary/aromatic N) is 2. The highest BCUT2D eigenvalue weighted by atomic mass is 16.2. The van der Waals surface area contributed by atoms with Crippen molar-refractivity contribution in [3.05, 3.63) is 23.9 Å². The molecule has 82 valence electrons. The summed E-state index contributed by atoms with van der Waals surface area (Å²) in [6.45, 7) is 0.748. The molecule has 1 aliphatic rings. The third-order valence-electron chi connectivity index (χ3n) is 2.50. The smallest absolute Gasteiger partial charge is 0.242 e. The molecule has 1 aromatic heterocycles. The van der Waals surface area contributed by atoms with E-state index in [1.165, 1.54) is 6.20 Å². The van der Waals surface area contributed by atoms with Crippen LogP contribution >= 0.6 is 0 Å². The molecule has 5 heteroatoms. The zero-order valence-corrected chi connectivity index (χ0v) is 8.73. The zero-order chi connectivity index (χ0) is 11.4. The summed E-state index contributed by atoms with van der Waals surface area (Å²) in [6, 6.07) is 5.17. The Balaban J connectivity index is 2.03. The summed E-state index contributed by atoms with van der Waals surface area (Å²) < 4.78 is 0. The molecule has 5 nitrogen and oxygen atoms in total. The Morgan fingerprint density at radius 2 is 2.44 bits per heavy atom. The number of nitrogens with one attached hydrogen (secondary N) is 2. The highest BCUT2D eigenvalue weighted by molar-refractivity contribution is 5.84. The number of hydrogen-bond acceptors (Lipinski definition) is 4. The number of pyridine rings is 1. The van der Waals surface area contributed by atoms with Crippen LogP contribution in [0.1, 0.15) is 18.4 Å². The molecule has 1 aliphatic heterocycles. The van der Waals surface area contributed by atoms with Crippen molar-refractivity contribution in [3.63, 3.8) is 0 Å². The van der Waals surface area contributed by atoms with Gasteiger partial charge in [0.25, 0.3) is 0 Å². The van der Waals surface area contributed by atoms with Crippen LogP contribution < -0.4 is 10.6 Å². The van der Waals surface area contributed by atoms with Gasteiger partial charge < -0.3 is 10.6 Å². The predicted molar refractivity (Wildman–Crippen MR) is 58.6 cm³/mol. The van der Waals surface area contributed by atoms with Gasteiger partial charge in [-0.3, -0.25) is 4.79 Å². The van der Waals surface area contributed by atoms with Gasteiger partial charge in [0.15, 0.2) is 0 Å². The largest absolute Gasteiger partial charge is 0.358 e. The zero-order valence-electron chi connectivity index (χ0n) is 8.73. The molecule has 0 spiro atoms. The number of carbonyl (C=O) groups is 1. The quantitative estimate of drug-likeness (QED) is 0.760. The van der Waals surface area contributed by atoms with Gasteiger partial charge in [-0.15, -0.1) is 0 Å². The number of anilines is 1. The van der Waals surface area contributed by atoms with Crippen LogP contribution in [0, 0.1) is 11.3 Å². The van der Waals surface area contributed by atoms with Crippen LogP contribution in [0.15, 0.2) is 18.3 Å². The first-order chi connectivity index (χ1) is 7.79. The van der Waals surface area contributed by atoms with E-state index in [1.54, 1.807) is 12.1 Å². The Kier molecular flexibility index (Phi) is 3.01. The van der Waals surface area contributed by atoms with Gasteiger partial charge in [0.1, 0.15) is 17.9 Å². The van der Waals surface area contributed by atoms with E-state index in [9.17, 15) is 4.79 Å². The first-order valence-corrected chi connectivity index (χ1v) is 5.20. The van der Waals surface area contributed by atoms with E-state index in [2.05, 4.69) is 15.6 Å². The summed E-state index contributed by atoms with van der Waals surface area (Å²) in [4.78, 5) is 15.5. The van der Waals surface area contributed by atoms with Gasteiger partial charge in [-0.25, -0.2) is 4.98 Å². The molecule has 1 aromatic rings. The van der Waals surface area contributed by atoms with Crippen molar-refractivity contribution in [2.75, 3.05) is 11.9 Å². The van der Waals surface area contributed by atoms with E-state index >= 15 is 0 Å². The van der Waals surface area contributed by atoms with Crippen LogP contribution in [0.4, 0.5) is 5.82 Å². The van der Waals surface area contributed by atoms with E-state index in [0.29, 0.717) is 11.4 Å². The second-order valence-electron chi connectivity index (χ2n) is 3.67. The van der Waals surface area contributed by atoms with Crippen molar-refractivity contribution in [1.29, 1.82) is 5.26 Å². The Morgan fingerprint density at radius 3 is 3.06 bits per heavy atom. The fraction of sp³-hybridized carbons (Fsp3) is 0.364. The molecule has 1 atom stereocenters. The van der Waals surface area contributed by atoms with E-state index in [-0.39, 0.29) is 11.9 Å². The second kappa shape index (κ2) is 4.62. The summed E-state index contributed by atoms with van der Waals surface area (Å²) in [5.74, 6) is 0.637. The summed E-state index contributed by atoms with van der Waals surface area (Å²) in [5, 5.41) is 14.5. The fourth-order valence-electron chi connectivity index (χ4n) is 1.63. The molecule has 0 aliphatic carbocycles. The van der Waals surface area contributed by atoms with Crippen molar-refractivity contribution in [3.8, 4) is 6.07 Å². The topological polar surface area (TPSA) is 77.8 Å². The Bertz CT molecular complexity index is 421. The van der Waals surface area contributed by atoms with Crippen molar-refractivity contribution in [1.82, 2.24) is 10.3 Å². The van der Waals surface area contributed by atoms with Crippen LogP contribution in [0.3, 0.4) is 0 Å². The molecule has 16 heavy (non-hydrogen) atoms. The monoisotopic (exact) mass is 216 g/mol. The van der Waals surface area contributed by atoms with Crippen LogP contribution in [0.2, 0.25) is 0 Å². The molecule has 1 saturated heterocycles. The molecule has 2 N–H and O–H groups in total. The average molecular weight is 216 g/mol. The first kappa shape index (κ1) is 10.4. The van der Waals surface area contributed by atoms with E-state index < -0.39 is 0 Å². The molecule has 1 fully saturated rings. The lowest BCUT2D eigenvalue weighted by molar-refractivity contribution is -0.123. The molecule has 0 unspecified atom stereocenters. The van der Waals surface area contributed by atoms with Gasteiger partial charge in [0, 0.05) is 12.7 Å². The molecule has 0 saturated carbocycles. The summed E-state index contributed by atoms with van der Waals surface area (Å²) in [5.41, 5.74) is 0.513. The third kappa shape index (κ3) is 2.28. The minimum absolute atomic E-state index is 0.0115. The lowest BCUT2D eigenvalue weighted by atomic mass is 10.1. The van der Waals surface area contributed by atoms with Crippen LogP contribution in [-0.4, -0.2) is 23.5 Å². The summed E-state index contributed by atoms with van der Waals surface area (Å²) >= 11 is 0. The standard InChI is InChI=1S/C11H12N4O/c12-6-8-3-4-10(14-7-8)15-9-2-1-5-13-11(9)16/h3-4,7,9H,1-2,5H2,(H,13,16)(H,14,15)/t9-/m1/s1. The fourth-order valence-corrected chi connectivity index (χ4v) is 1.63. The Hall–Kier alpha value is -2.09. The molecular weight excluding hydrogens is 204 g/mol. The summed E-state index contributed by atoms with van der Waals surface area (Å²) in [6.07, 6.45) is 3.27. The predicted octanol–water partition coefficient (Wildman–Crippen LogP) is 0.644. The van der Waals surface area contributed by atoms with Crippen molar-refractivity contribution >= 4 is 11.7 Å². The van der Waals surface area contributed by atoms with Crippen LogP contribution in [-0.2, 0) is 4.79 Å². The lowest BCUT2D eigenvalue weighted by Crippen LogP contribution is -2.44. The van der Waals surface area contributed by atoms with Crippen LogP contribution in [0.25, 0.3) is 0 Å². The molecule has 2 heterocycles. The Morgan fingerprint density at radius 1 is 1.56 bits per heavy atom. The number of rotatable bonds is 2. The number of nitriles is 1. The molecule has 0 radical (unpaired) electrons. The van der Waals surface area contributed by atoms with Crippen molar-refractivity contribution in [2.24, 2.45) is 0 Å². The maximum absolute atomic E-state index is 11.5. The highest BCUT2D eigenvalue weighted by Crippen LogP contribution is 2.11. The number of hydrogen-bond donors (Lipinski definition) is 2. The van der Waals surface area contributed by atoms with Gasteiger partial charge >= 0.3 is 0 Å². The highest BCUT2D eigenvalue weighted by Gasteiger charge is 2.21. The maximum atomic E-state index is 11.5. The average Bonchev–Trinajstić information content (AvgIpc) is 2.33.